The molecule has 0 saturated heterocycles. The van der Waals surface area contributed by atoms with Gasteiger partial charge in [0.25, 0.3) is 0 Å². The van der Waals surface area contributed by atoms with Gasteiger partial charge in [0, 0.05) is 0 Å². The van der Waals surface area contributed by atoms with E-state index in [-0.39, 0.29) is 6.07 Å². The van der Waals surface area contributed by atoms with Gasteiger partial charge in [0.2, 0.25) is 14.8 Å². The molecular weight excluding hydrogens is 306 g/mol. The van der Waals surface area contributed by atoms with E-state index in [4.69, 9.17) is 0 Å². The molecule has 1 aromatic rings. The maximum atomic E-state index is 10.7. The van der Waals surface area contributed by atoms with Crippen LogP contribution >= 0.6 is 0 Å². The van der Waals surface area contributed by atoms with Gasteiger partial charge < -0.3 is 20.2 Å². The van der Waals surface area contributed by atoms with Crippen LogP contribution in [0.2, 0.25) is 0 Å². The number of nitrogens with zero attached hydrogens (tertiary/aromatic N) is 7. The lowest BCUT2D eigenvalue weighted by atomic mass is 10.5. The number of rotatable bonds is 6. The van der Waals surface area contributed by atoms with Crippen LogP contribution in [0.4, 0.5) is 11.6 Å². The second-order valence-corrected chi connectivity index (χ2v) is 3.16. The minimum atomic E-state index is -4.50. The third kappa shape index (κ3) is 2.02. The summed E-state index contributed by atoms with van der Waals surface area (Å²) in [5.74, 6) is -7.57. The quantitative estimate of drug-likeness (QED) is 0.354. The molecule has 0 aliphatic rings. The van der Waals surface area contributed by atoms with Gasteiger partial charge in [-0.3, -0.25) is 0 Å². The Morgan fingerprint density at radius 3 is 1.57 bits per heavy atom. The molecule has 1 rings (SSSR count). The maximum Gasteiger partial charge on any atom is 0.898 e. The van der Waals surface area contributed by atoms with Gasteiger partial charge in [0.05, 0.1) is 0 Å². The normalized spacial score (nSPS) is 10.9. The predicted molar refractivity (Wildman–Crippen MR) is 54.5 cm³/mol. The Kier molecular flexibility index (Phi) is 3.43. The van der Waals surface area contributed by atoms with Crippen molar-refractivity contribution in [3.05, 3.63) is 56.6 Å². The van der Waals surface area contributed by atoms with Crippen molar-refractivity contribution in [1.82, 2.24) is 9.78 Å². The zero-order valence-electron chi connectivity index (χ0n) is 9.29. The molecule has 0 unspecified atom stereocenters. The number of hydrogen-bond acceptors (Lipinski definition) is 11. The summed E-state index contributed by atoms with van der Waals surface area (Å²) < 4.78 is -0.842. The molecule has 0 aromatic carbocycles. The summed E-state index contributed by atoms with van der Waals surface area (Å²) in [7, 11) is 0. The Morgan fingerprint density at radius 2 is 1.29 bits per heavy atom. The van der Waals surface area contributed by atoms with Gasteiger partial charge in [-0.05, 0) is 9.85 Å². The highest BCUT2D eigenvalue weighted by Gasteiger charge is 2.84. The van der Waals surface area contributed by atoms with Crippen LogP contribution in [0.5, 0.6) is 0 Å². The first kappa shape index (κ1) is 15.3. The third-order valence-electron chi connectivity index (χ3n) is 2.07. The highest BCUT2D eigenvalue weighted by Crippen LogP contribution is 2.28. The highest BCUT2D eigenvalue weighted by molar-refractivity contribution is 5.31. The third-order valence-corrected chi connectivity index (χ3v) is 2.07. The molecule has 1 heterocycles. The fourth-order valence-electron chi connectivity index (χ4n) is 1.23. The Labute approximate surface area is 110 Å². The van der Waals surface area contributed by atoms with Gasteiger partial charge >= 0.3 is 17.5 Å². The second-order valence-electron chi connectivity index (χ2n) is 3.16. The number of aromatic nitrogens is 2. The van der Waals surface area contributed by atoms with Crippen LogP contribution in [-0.2, 0) is 5.91 Å². The van der Waals surface area contributed by atoms with Crippen molar-refractivity contribution in [3.63, 3.8) is 0 Å². The lowest BCUT2D eigenvalue weighted by Gasteiger charge is -2.01. The molecule has 17 nitrogen and oxygen atoms in total. The van der Waals surface area contributed by atoms with Crippen LogP contribution in [0, 0.1) is 50.6 Å². The van der Waals surface area contributed by atoms with E-state index in [0.29, 0.717) is 0 Å². The van der Waals surface area contributed by atoms with Crippen molar-refractivity contribution in [2.75, 3.05) is 0 Å². The highest BCUT2D eigenvalue weighted by atomic mass is 16.7. The number of hydrogen-bond donors (Lipinski definition) is 0. The first-order valence-corrected chi connectivity index (χ1v) is 4.39. The summed E-state index contributed by atoms with van der Waals surface area (Å²) >= 11 is 0. The molecule has 21 heavy (non-hydrogen) atoms. The average Bonchev–Trinajstić information content (AvgIpc) is 2.73. The summed E-state index contributed by atoms with van der Waals surface area (Å²) in [5, 5.41) is 55.9. The van der Waals surface area contributed by atoms with E-state index in [1.165, 1.54) is 0 Å². The molecule has 0 N–H and O–H groups in total. The van der Waals surface area contributed by atoms with Crippen LogP contribution in [-0.4, -0.2) is 34.4 Å². The molecule has 0 saturated carbocycles. The standard InChI is InChI=1S/C4HN7O10/c12-7(13)2-1-3(8(14)15)6(5-2)4(9(16)17,10(18)19)11(20)21/h1H. The van der Waals surface area contributed by atoms with E-state index >= 15 is 0 Å². The minimum absolute atomic E-state index is 0.0191. The van der Waals surface area contributed by atoms with Crippen LogP contribution in [0.15, 0.2) is 6.07 Å². The van der Waals surface area contributed by atoms with Gasteiger partial charge in [0.1, 0.15) is 6.07 Å². The Bertz CT molecular complexity index is 639. The zero-order valence-corrected chi connectivity index (χ0v) is 9.29. The summed E-state index contributed by atoms with van der Waals surface area (Å²) in [5.41, 5.74) is 0. The molecule has 0 fully saturated rings. The zero-order chi connectivity index (χ0) is 16.5. The molecule has 0 aliphatic heterocycles. The molecule has 0 bridgehead atoms. The van der Waals surface area contributed by atoms with E-state index in [9.17, 15) is 50.6 Å². The first-order valence-electron chi connectivity index (χ1n) is 4.39. The smallest absolute Gasteiger partial charge is 0.358 e. The summed E-state index contributed by atoms with van der Waals surface area (Å²) in [4.78, 5) is 44.1. The van der Waals surface area contributed by atoms with Crippen LogP contribution in [0.3, 0.4) is 0 Å². The maximum absolute atomic E-state index is 10.7. The molecule has 0 atom stereocenters. The van der Waals surface area contributed by atoms with E-state index in [1.54, 1.807) is 0 Å². The van der Waals surface area contributed by atoms with E-state index in [2.05, 4.69) is 5.10 Å². The van der Waals surface area contributed by atoms with Gasteiger partial charge in [-0.1, -0.05) is 0 Å². The van der Waals surface area contributed by atoms with Crippen LogP contribution in [0.25, 0.3) is 0 Å². The fourth-order valence-corrected chi connectivity index (χ4v) is 1.23. The topological polar surface area (TPSA) is 234 Å². The summed E-state index contributed by atoms with van der Waals surface area (Å²) in [6, 6.07) is 0.0191. The van der Waals surface area contributed by atoms with Crippen molar-refractivity contribution in [3.8, 4) is 0 Å². The molecule has 17 heteroatoms. The molecule has 1 aromatic heterocycles. The monoisotopic (exact) mass is 307 g/mol. The Hall–Kier alpha value is -3.79. The molecule has 0 radical (unpaired) electrons. The van der Waals surface area contributed by atoms with Gasteiger partial charge in [-0.25, -0.2) is 30.3 Å². The minimum Gasteiger partial charge on any atom is -0.358 e. The van der Waals surface area contributed by atoms with Crippen LogP contribution < -0.4 is 0 Å². The lowest BCUT2D eigenvalue weighted by Crippen LogP contribution is -2.55. The summed E-state index contributed by atoms with van der Waals surface area (Å²) in [6.45, 7) is 0. The molecule has 0 aliphatic carbocycles. The Morgan fingerprint density at radius 1 is 0.857 bits per heavy atom. The van der Waals surface area contributed by atoms with Gasteiger partial charge in [-0.2, -0.15) is 0 Å². The molecule has 112 valence electrons. The van der Waals surface area contributed by atoms with E-state index in [1.807, 2.05) is 0 Å². The van der Waals surface area contributed by atoms with Gasteiger partial charge in [0.15, 0.2) is 9.78 Å². The second kappa shape index (κ2) is 4.71. The van der Waals surface area contributed by atoms with E-state index < -0.39 is 46.8 Å². The van der Waals surface area contributed by atoms with Crippen LogP contribution in [0.1, 0.15) is 0 Å². The van der Waals surface area contributed by atoms with Crippen molar-refractivity contribution >= 4 is 11.6 Å². The van der Waals surface area contributed by atoms with Crippen molar-refractivity contribution in [1.29, 1.82) is 0 Å². The van der Waals surface area contributed by atoms with Gasteiger partial charge in [-0.15, -0.1) is 0 Å². The largest absolute Gasteiger partial charge is 0.898 e. The predicted octanol–water partition coefficient (Wildman–Crippen LogP) is -0.903. The fraction of sp³-hybridized carbons (Fsp3) is 0.250. The average molecular weight is 307 g/mol. The van der Waals surface area contributed by atoms with Crippen molar-refractivity contribution < 1.29 is 24.6 Å². The number of nitro groups is 5. The lowest BCUT2D eigenvalue weighted by molar-refractivity contribution is -1.01. The van der Waals surface area contributed by atoms with Crippen molar-refractivity contribution in [2.45, 2.75) is 5.91 Å². The molecule has 0 spiro atoms. The molecule has 0 amide bonds. The van der Waals surface area contributed by atoms with E-state index in [0.717, 1.165) is 0 Å². The Balaban J connectivity index is 3.86. The SMILES string of the molecule is O=[N+]([O-])c1cc([N+](=O)[O-])n(C([N+](=O)[O-])([N+](=O)[O-])[N+](=O)[O-])n1. The first-order chi connectivity index (χ1) is 9.56. The molecular formula is C4HN7O10. The van der Waals surface area contributed by atoms with Crippen molar-refractivity contribution in [2.24, 2.45) is 0 Å². The summed E-state index contributed by atoms with van der Waals surface area (Å²) in [6.07, 6.45) is 0.